The van der Waals surface area contributed by atoms with Crippen molar-refractivity contribution in [3.8, 4) is 0 Å². The zero-order valence-corrected chi connectivity index (χ0v) is 18.2. The predicted octanol–water partition coefficient (Wildman–Crippen LogP) is 1.76. The molecule has 1 fully saturated rings. The molecule has 1 aromatic carbocycles. The number of carbonyl (C=O) groups excluding carboxylic acids is 1. The Bertz CT molecular complexity index is 949. The number of carbonyl (C=O) groups is 1. The van der Waals surface area contributed by atoms with Crippen LogP contribution in [0.5, 0.6) is 0 Å². The highest BCUT2D eigenvalue weighted by Crippen LogP contribution is 2.24. The molecule has 0 saturated carbocycles. The highest BCUT2D eigenvalue weighted by Gasteiger charge is 2.25. The number of likely N-dealkylation sites (tertiary alicyclic amines) is 1. The van der Waals surface area contributed by atoms with Crippen molar-refractivity contribution >= 4 is 40.0 Å². The molecular formula is C21H24FIN5O+. The number of nitrogens with zero attached hydrogens (tertiary/aromatic N) is 3. The maximum Gasteiger partial charge on any atom is 0.245 e. The summed E-state index contributed by atoms with van der Waals surface area (Å²) in [6.07, 6.45) is 6.37. The van der Waals surface area contributed by atoms with Gasteiger partial charge in [-0.15, -0.1) is 0 Å². The number of nitrogen functional groups attached to an aromatic ring is 1. The van der Waals surface area contributed by atoms with Gasteiger partial charge in [0.25, 0.3) is 0 Å². The largest absolute Gasteiger partial charge is 0.383 e. The zero-order valence-electron chi connectivity index (χ0n) is 16.1. The summed E-state index contributed by atoms with van der Waals surface area (Å²) in [4.78, 5) is 22.3. The number of aryl methyl sites for hydroxylation is 1. The van der Waals surface area contributed by atoms with Gasteiger partial charge in [-0.1, -0.05) is 6.58 Å². The number of nitrogens with two attached hydrogens (primary N) is 2. The minimum absolute atomic E-state index is 0.0230. The van der Waals surface area contributed by atoms with E-state index in [0.717, 1.165) is 38.0 Å². The standard InChI is InChI=1S/C21H23FIN5O/c1-2-18(29)28-9-3-4-13(11-28)5-8-17-19(21(25)27-12-26-17)20(24)14-6-7-15(22)16(23)10-14/h2,6-7,10,12-13,24H,1,3-5,8-9,11H2,(H2,25,26,27)/p+1. The van der Waals surface area contributed by atoms with Crippen molar-refractivity contribution in [2.24, 2.45) is 5.92 Å². The fourth-order valence-electron chi connectivity index (χ4n) is 3.70. The van der Waals surface area contributed by atoms with Crippen LogP contribution in [0, 0.1) is 15.3 Å². The molecule has 1 amide bonds. The van der Waals surface area contributed by atoms with Gasteiger partial charge in [0.15, 0.2) is 0 Å². The van der Waals surface area contributed by atoms with Gasteiger partial charge in [-0.3, -0.25) is 10.2 Å². The van der Waals surface area contributed by atoms with E-state index < -0.39 is 0 Å². The molecule has 0 spiro atoms. The van der Waals surface area contributed by atoms with Crippen LogP contribution >= 0.6 is 22.6 Å². The summed E-state index contributed by atoms with van der Waals surface area (Å²) in [6, 6.07) is 4.70. The third kappa shape index (κ3) is 4.98. The molecule has 152 valence electrons. The second-order valence-electron chi connectivity index (χ2n) is 7.16. The maximum absolute atomic E-state index is 13.6. The molecule has 1 unspecified atom stereocenters. The lowest BCUT2D eigenvalue weighted by Crippen LogP contribution is -2.42. The Labute approximate surface area is 183 Å². The summed E-state index contributed by atoms with van der Waals surface area (Å²) in [5, 5.41) is 6.39. The van der Waals surface area contributed by atoms with Gasteiger partial charge in [-0.25, -0.2) is 14.4 Å². The second-order valence-corrected chi connectivity index (χ2v) is 8.32. The summed E-state index contributed by atoms with van der Waals surface area (Å²) in [5.41, 5.74) is 8.60. The van der Waals surface area contributed by atoms with Crippen LogP contribution in [-0.4, -0.2) is 39.6 Å². The lowest BCUT2D eigenvalue weighted by molar-refractivity contribution is -0.127. The topological polar surface area (TPSA) is 97.7 Å². The molecule has 1 aliphatic rings. The van der Waals surface area contributed by atoms with Crippen molar-refractivity contribution in [2.75, 3.05) is 18.8 Å². The molecule has 1 aliphatic heterocycles. The third-order valence-corrected chi connectivity index (χ3v) is 6.08. The first-order valence-electron chi connectivity index (χ1n) is 9.49. The van der Waals surface area contributed by atoms with E-state index >= 15 is 0 Å². The quantitative estimate of drug-likeness (QED) is 0.353. The van der Waals surface area contributed by atoms with Crippen molar-refractivity contribution in [1.29, 1.82) is 0 Å². The van der Waals surface area contributed by atoms with Crippen LogP contribution in [0.3, 0.4) is 0 Å². The van der Waals surface area contributed by atoms with E-state index in [1.807, 2.05) is 27.5 Å². The molecule has 4 N–H and O–H groups in total. The van der Waals surface area contributed by atoms with E-state index in [-0.39, 0.29) is 11.7 Å². The fraction of sp³-hybridized carbons (Fsp3) is 0.333. The number of benzene rings is 1. The fourth-order valence-corrected chi connectivity index (χ4v) is 4.21. The van der Waals surface area contributed by atoms with Crippen molar-refractivity contribution < 1.29 is 14.6 Å². The van der Waals surface area contributed by atoms with Gasteiger partial charge < -0.3 is 10.6 Å². The summed E-state index contributed by atoms with van der Waals surface area (Å²) < 4.78 is 14.1. The molecule has 1 saturated heterocycles. The Balaban J connectivity index is 1.78. The molecule has 0 bridgehead atoms. The van der Waals surface area contributed by atoms with E-state index in [1.165, 1.54) is 18.5 Å². The SMILES string of the molecule is C=CC(=O)N1CCCC(CCc2ncnc(N)c2C(=[NH2+])c2ccc(F)c(I)c2)C1. The predicted molar refractivity (Wildman–Crippen MR) is 119 cm³/mol. The smallest absolute Gasteiger partial charge is 0.245 e. The van der Waals surface area contributed by atoms with E-state index in [0.29, 0.717) is 38.6 Å². The summed E-state index contributed by atoms with van der Waals surface area (Å²) in [6.45, 7) is 5.07. The second kappa shape index (κ2) is 9.43. The van der Waals surface area contributed by atoms with E-state index in [4.69, 9.17) is 11.1 Å². The molecule has 2 aromatic rings. The first-order chi connectivity index (χ1) is 13.9. The van der Waals surface area contributed by atoms with E-state index in [2.05, 4.69) is 16.5 Å². The summed E-state index contributed by atoms with van der Waals surface area (Å²) >= 11 is 1.93. The van der Waals surface area contributed by atoms with Crippen LogP contribution < -0.4 is 11.1 Å². The molecule has 1 atom stereocenters. The number of aromatic nitrogens is 2. The van der Waals surface area contributed by atoms with Crippen LogP contribution in [0.25, 0.3) is 0 Å². The Morgan fingerprint density at radius 2 is 2.24 bits per heavy atom. The first-order valence-corrected chi connectivity index (χ1v) is 10.6. The lowest BCUT2D eigenvalue weighted by atomic mass is 9.91. The van der Waals surface area contributed by atoms with Crippen molar-refractivity contribution in [3.63, 3.8) is 0 Å². The molecule has 6 nitrogen and oxygen atoms in total. The average molecular weight is 508 g/mol. The van der Waals surface area contributed by atoms with Gasteiger partial charge in [-0.2, -0.15) is 0 Å². The molecule has 29 heavy (non-hydrogen) atoms. The zero-order chi connectivity index (χ0) is 21.0. The molecule has 2 heterocycles. The molecule has 3 rings (SSSR count). The molecule has 8 heteroatoms. The lowest BCUT2D eigenvalue weighted by Gasteiger charge is -2.32. The van der Waals surface area contributed by atoms with Gasteiger partial charge in [0.05, 0.1) is 5.69 Å². The molecule has 0 aliphatic carbocycles. The van der Waals surface area contributed by atoms with Gasteiger partial charge in [0, 0.05) is 22.2 Å². The molecule has 0 radical (unpaired) electrons. The van der Waals surface area contributed by atoms with Crippen molar-refractivity contribution in [2.45, 2.75) is 25.7 Å². The van der Waals surface area contributed by atoms with Crippen molar-refractivity contribution in [1.82, 2.24) is 14.9 Å². The monoisotopic (exact) mass is 508 g/mol. The van der Waals surface area contributed by atoms with Gasteiger partial charge in [0.1, 0.15) is 23.5 Å². The minimum Gasteiger partial charge on any atom is -0.383 e. The van der Waals surface area contributed by atoms with Gasteiger partial charge in [-0.05, 0) is 78.5 Å². The van der Waals surface area contributed by atoms with Crippen LogP contribution in [0.2, 0.25) is 0 Å². The minimum atomic E-state index is -0.296. The Morgan fingerprint density at radius 3 is 2.97 bits per heavy atom. The van der Waals surface area contributed by atoms with Crippen LogP contribution in [0.15, 0.2) is 37.2 Å². The number of piperidine rings is 1. The van der Waals surface area contributed by atoms with Gasteiger partial charge in [0.2, 0.25) is 11.6 Å². The Morgan fingerprint density at radius 1 is 1.45 bits per heavy atom. The summed E-state index contributed by atoms with van der Waals surface area (Å²) in [5.74, 6) is 0.365. The average Bonchev–Trinajstić information content (AvgIpc) is 2.73. The third-order valence-electron chi connectivity index (χ3n) is 5.25. The Hall–Kier alpha value is -2.36. The van der Waals surface area contributed by atoms with E-state index in [1.54, 1.807) is 12.1 Å². The summed E-state index contributed by atoms with van der Waals surface area (Å²) in [7, 11) is 0. The number of amides is 1. The normalized spacial score (nSPS) is 16.5. The number of hydrogen-bond acceptors (Lipinski definition) is 4. The molecule has 1 aromatic heterocycles. The van der Waals surface area contributed by atoms with Crippen LogP contribution in [-0.2, 0) is 11.2 Å². The first kappa shape index (κ1) is 21.4. The highest BCUT2D eigenvalue weighted by molar-refractivity contribution is 14.1. The van der Waals surface area contributed by atoms with Gasteiger partial charge >= 0.3 is 0 Å². The van der Waals surface area contributed by atoms with Crippen molar-refractivity contribution in [3.05, 3.63) is 63.4 Å². The molecular weight excluding hydrogens is 484 g/mol. The number of halogens is 2. The Kier molecular flexibility index (Phi) is 6.94. The number of rotatable bonds is 6. The maximum atomic E-state index is 13.6. The van der Waals surface area contributed by atoms with Crippen LogP contribution in [0.4, 0.5) is 10.2 Å². The number of anilines is 1. The number of hydrogen-bond donors (Lipinski definition) is 2. The van der Waals surface area contributed by atoms with E-state index in [9.17, 15) is 9.18 Å². The van der Waals surface area contributed by atoms with Crippen LogP contribution in [0.1, 0.15) is 36.1 Å². The highest BCUT2D eigenvalue weighted by atomic mass is 127.